The number of hydrogen-bond donors (Lipinski definition) is 2. The van der Waals surface area contributed by atoms with E-state index in [1.807, 2.05) is 0 Å². The van der Waals surface area contributed by atoms with Crippen LogP contribution in [0, 0.1) is 0 Å². The van der Waals surface area contributed by atoms with Crippen molar-refractivity contribution in [2.75, 3.05) is 0 Å². The van der Waals surface area contributed by atoms with E-state index in [0.29, 0.717) is 12.8 Å². The van der Waals surface area contributed by atoms with Gasteiger partial charge in [0.1, 0.15) is 0 Å². The number of hydrogen-bond acceptors (Lipinski definition) is 2. The third-order valence-corrected chi connectivity index (χ3v) is 8.64. The van der Waals surface area contributed by atoms with Gasteiger partial charge in [0.05, 0.1) is 0 Å². The zero-order valence-corrected chi connectivity index (χ0v) is 30.4. The van der Waals surface area contributed by atoms with Crippen LogP contribution in [0.1, 0.15) is 226 Å². The molecule has 1 aliphatic rings. The molecule has 0 spiro atoms. The van der Waals surface area contributed by atoms with Crippen LogP contribution >= 0.6 is 0 Å². The van der Waals surface area contributed by atoms with Crippen LogP contribution in [0.5, 0.6) is 0 Å². The van der Waals surface area contributed by atoms with Crippen LogP contribution in [0.3, 0.4) is 0 Å². The maximum absolute atomic E-state index is 10.3. The second kappa shape index (κ2) is 42.4. The summed E-state index contributed by atoms with van der Waals surface area (Å²) in [6.45, 7) is 4.54. The van der Waals surface area contributed by atoms with Crippen LogP contribution in [0.4, 0.5) is 0 Å². The Kier molecular flexibility index (Phi) is 42.9. The molecule has 0 amide bonds. The molecule has 0 aromatic rings. The van der Waals surface area contributed by atoms with Gasteiger partial charge in [-0.2, -0.15) is 0 Å². The molecule has 0 aliphatic heterocycles. The van der Waals surface area contributed by atoms with Gasteiger partial charge in [-0.25, -0.2) is 0 Å². The molecule has 0 radical (unpaired) electrons. The zero-order valence-electron chi connectivity index (χ0n) is 30.4. The topological polar surface area (TPSA) is 74.6 Å². The minimum absolute atomic E-state index is 0.345. The highest BCUT2D eigenvalue weighted by Crippen LogP contribution is 2.15. The fourth-order valence-corrected chi connectivity index (χ4v) is 5.69. The van der Waals surface area contributed by atoms with Crippen molar-refractivity contribution >= 4 is 11.9 Å². The van der Waals surface area contributed by atoms with Crippen LogP contribution in [-0.2, 0) is 9.59 Å². The van der Waals surface area contributed by atoms with Crippen molar-refractivity contribution in [2.45, 2.75) is 226 Å². The molecule has 0 fully saturated rings. The van der Waals surface area contributed by atoms with Crippen molar-refractivity contribution in [2.24, 2.45) is 0 Å². The maximum atomic E-state index is 10.3. The van der Waals surface area contributed by atoms with E-state index in [-0.39, 0.29) is 0 Å². The van der Waals surface area contributed by atoms with E-state index >= 15 is 0 Å². The minimum Gasteiger partial charge on any atom is -0.481 e. The fraction of sp³-hybridized carbons (Fsp3) is 0.854. The van der Waals surface area contributed by atoms with Crippen LogP contribution in [0.15, 0.2) is 24.3 Å². The first-order valence-corrected chi connectivity index (χ1v) is 19.8. The fourth-order valence-electron chi connectivity index (χ4n) is 5.69. The SMILES string of the molecule is C1=CCC=C1.CCCCCCCCCCCCCCCCCC(=O)O.CCCCCCCCCCCCCCCCCC(=O)O. The van der Waals surface area contributed by atoms with Crippen LogP contribution in [0.25, 0.3) is 0 Å². The van der Waals surface area contributed by atoms with Crippen molar-refractivity contribution < 1.29 is 19.8 Å². The Bertz CT molecular complexity index is 585. The van der Waals surface area contributed by atoms with E-state index in [1.54, 1.807) is 0 Å². The first-order chi connectivity index (χ1) is 22.0. The van der Waals surface area contributed by atoms with Crippen molar-refractivity contribution in [1.29, 1.82) is 0 Å². The lowest BCUT2D eigenvalue weighted by Crippen LogP contribution is -1.93. The monoisotopic (exact) mass is 635 g/mol. The minimum atomic E-state index is -0.653. The van der Waals surface area contributed by atoms with Gasteiger partial charge in [-0.15, -0.1) is 0 Å². The molecule has 1 aliphatic carbocycles. The number of aliphatic carboxylic acids is 2. The molecular formula is C41H78O4. The van der Waals surface area contributed by atoms with Gasteiger partial charge < -0.3 is 10.2 Å². The highest BCUT2D eigenvalue weighted by Gasteiger charge is 1.98. The normalized spacial score (nSPS) is 11.6. The number of allylic oxidation sites excluding steroid dienone is 4. The highest BCUT2D eigenvalue weighted by atomic mass is 16.4. The Labute approximate surface area is 281 Å². The summed E-state index contributed by atoms with van der Waals surface area (Å²) >= 11 is 0. The molecule has 0 atom stereocenters. The largest absolute Gasteiger partial charge is 0.481 e. The summed E-state index contributed by atoms with van der Waals surface area (Å²) in [5, 5.41) is 17.0. The Morgan fingerprint density at radius 1 is 0.378 bits per heavy atom. The van der Waals surface area contributed by atoms with Crippen LogP contribution in [-0.4, -0.2) is 22.2 Å². The second-order valence-electron chi connectivity index (χ2n) is 13.3. The number of carbonyl (C=O) groups is 2. The second-order valence-corrected chi connectivity index (χ2v) is 13.3. The smallest absolute Gasteiger partial charge is 0.303 e. The first kappa shape index (κ1) is 45.5. The predicted octanol–water partition coefficient (Wildman–Crippen LogP) is 14.2. The highest BCUT2D eigenvalue weighted by molar-refractivity contribution is 5.66. The number of carboxylic acids is 2. The third kappa shape index (κ3) is 49.5. The van der Waals surface area contributed by atoms with Gasteiger partial charge in [-0.3, -0.25) is 9.59 Å². The van der Waals surface area contributed by atoms with Gasteiger partial charge in [0, 0.05) is 12.8 Å². The number of rotatable bonds is 32. The molecule has 4 nitrogen and oxygen atoms in total. The van der Waals surface area contributed by atoms with Gasteiger partial charge in [-0.05, 0) is 19.3 Å². The van der Waals surface area contributed by atoms with E-state index in [1.165, 1.54) is 167 Å². The van der Waals surface area contributed by atoms with E-state index in [2.05, 4.69) is 38.2 Å². The lowest BCUT2D eigenvalue weighted by atomic mass is 10.0. The van der Waals surface area contributed by atoms with Crippen LogP contribution in [0.2, 0.25) is 0 Å². The molecule has 0 saturated heterocycles. The lowest BCUT2D eigenvalue weighted by molar-refractivity contribution is -0.138. The molecule has 45 heavy (non-hydrogen) atoms. The summed E-state index contributed by atoms with van der Waals surface area (Å²) in [5.41, 5.74) is 0. The zero-order chi connectivity index (χ0) is 33.3. The molecule has 4 heteroatoms. The van der Waals surface area contributed by atoms with Gasteiger partial charge >= 0.3 is 11.9 Å². The Hall–Kier alpha value is -1.58. The summed E-state index contributed by atoms with van der Waals surface area (Å²) in [6, 6.07) is 0. The number of unbranched alkanes of at least 4 members (excludes halogenated alkanes) is 28. The first-order valence-electron chi connectivity index (χ1n) is 19.8. The Morgan fingerprint density at radius 2 is 0.578 bits per heavy atom. The molecule has 1 rings (SSSR count). The number of carboxylic acid groups (broad SMARTS) is 2. The average Bonchev–Trinajstić information content (AvgIpc) is 3.62. The van der Waals surface area contributed by atoms with Crippen molar-refractivity contribution in [1.82, 2.24) is 0 Å². The molecule has 0 heterocycles. The Morgan fingerprint density at radius 3 is 0.733 bits per heavy atom. The summed E-state index contributed by atoms with van der Waals surface area (Å²) in [5.74, 6) is -1.31. The van der Waals surface area contributed by atoms with Gasteiger partial charge in [0.15, 0.2) is 0 Å². The average molecular weight is 635 g/mol. The van der Waals surface area contributed by atoms with Gasteiger partial charge in [0.2, 0.25) is 0 Å². The summed E-state index contributed by atoms with van der Waals surface area (Å²) in [6.07, 6.45) is 49.9. The van der Waals surface area contributed by atoms with Crippen LogP contribution < -0.4 is 0 Å². The van der Waals surface area contributed by atoms with Crippen molar-refractivity contribution in [3.63, 3.8) is 0 Å². The van der Waals surface area contributed by atoms with Crippen molar-refractivity contribution in [3.8, 4) is 0 Å². The summed E-state index contributed by atoms with van der Waals surface area (Å²) in [4.78, 5) is 20.7. The van der Waals surface area contributed by atoms with Gasteiger partial charge in [-0.1, -0.05) is 218 Å². The van der Waals surface area contributed by atoms with Crippen molar-refractivity contribution in [3.05, 3.63) is 24.3 Å². The third-order valence-electron chi connectivity index (χ3n) is 8.64. The molecule has 0 unspecified atom stereocenters. The lowest BCUT2D eigenvalue weighted by Gasteiger charge is -2.03. The predicted molar refractivity (Wildman–Crippen MR) is 197 cm³/mol. The molecule has 2 N–H and O–H groups in total. The summed E-state index contributed by atoms with van der Waals surface area (Å²) < 4.78 is 0. The van der Waals surface area contributed by atoms with E-state index in [4.69, 9.17) is 10.2 Å². The molecular weight excluding hydrogens is 556 g/mol. The standard InChI is InChI=1S/2C18H36O2.C5H6/c2*1-2-3-4-5-6-7-8-9-10-11-12-13-14-15-16-17-18(19)20;1-2-4-5-3-1/h2*2-17H2,1H3,(H,19,20);1-4H,5H2. The van der Waals surface area contributed by atoms with Gasteiger partial charge in [0.25, 0.3) is 0 Å². The molecule has 266 valence electrons. The molecule has 0 aromatic carbocycles. The summed E-state index contributed by atoms with van der Waals surface area (Å²) in [7, 11) is 0. The maximum Gasteiger partial charge on any atom is 0.303 e. The van der Waals surface area contributed by atoms with E-state index in [0.717, 1.165) is 32.1 Å². The molecule has 0 saturated carbocycles. The van der Waals surface area contributed by atoms with E-state index < -0.39 is 11.9 Å². The molecule has 0 bridgehead atoms. The Balaban J connectivity index is 0. The quantitative estimate of drug-likeness (QED) is 0.0722. The molecule has 0 aromatic heterocycles. The van der Waals surface area contributed by atoms with E-state index in [9.17, 15) is 9.59 Å².